The van der Waals surface area contributed by atoms with Crippen molar-refractivity contribution in [3.63, 3.8) is 0 Å². The van der Waals surface area contributed by atoms with E-state index in [-0.39, 0.29) is 5.92 Å². The van der Waals surface area contributed by atoms with E-state index < -0.39 is 0 Å². The fraction of sp³-hybridized carbons (Fsp3) is 0.400. The summed E-state index contributed by atoms with van der Waals surface area (Å²) >= 11 is 0. The normalized spacial score (nSPS) is 18.6. The van der Waals surface area contributed by atoms with Crippen molar-refractivity contribution < 1.29 is 14.0 Å². The summed E-state index contributed by atoms with van der Waals surface area (Å²) in [6, 6.07) is 5.70. The van der Waals surface area contributed by atoms with Crippen LogP contribution in [0.2, 0.25) is 0 Å². The molecule has 0 saturated heterocycles. The minimum Gasteiger partial charge on any atom is -0.490 e. The molecule has 0 fully saturated rings. The van der Waals surface area contributed by atoms with Crippen molar-refractivity contribution in [2.75, 3.05) is 19.8 Å². The van der Waals surface area contributed by atoms with Crippen LogP contribution in [0.1, 0.15) is 38.4 Å². The van der Waals surface area contributed by atoms with Gasteiger partial charge in [-0.3, -0.25) is 0 Å². The third-order valence-corrected chi connectivity index (χ3v) is 4.65. The lowest BCUT2D eigenvalue weighted by Gasteiger charge is -2.14. The summed E-state index contributed by atoms with van der Waals surface area (Å²) in [7, 11) is 0. The van der Waals surface area contributed by atoms with Gasteiger partial charge in [-0.2, -0.15) is 4.98 Å². The average molecular weight is 353 g/mol. The first-order valence-corrected chi connectivity index (χ1v) is 9.16. The van der Waals surface area contributed by atoms with E-state index in [0.717, 1.165) is 36.5 Å². The van der Waals surface area contributed by atoms with Gasteiger partial charge in [0.1, 0.15) is 0 Å². The molecule has 2 heterocycles. The number of rotatable bonds is 6. The van der Waals surface area contributed by atoms with Crippen LogP contribution in [-0.2, 0) is 0 Å². The second-order valence-corrected chi connectivity index (χ2v) is 6.35. The zero-order chi connectivity index (χ0) is 17.9. The summed E-state index contributed by atoms with van der Waals surface area (Å²) in [5.74, 6) is 2.81. The average Bonchev–Trinajstić information content (AvgIpc) is 3.32. The Hall–Kier alpha value is -2.76. The van der Waals surface area contributed by atoms with E-state index in [2.05, 4.69) is 27.6 Å². The minimum atomic E-state index is 0.167. The summed E-state index contributed by atoms with van der Waals surface area (Å²) in [5.41, 5.74) is 3.54. The van der Waals surface area contributed by atoms with Crippen LogP contribution in [0.5, 0.6) is 11.5 Å². The molecule has 1 unspecified atom stereocenters. The summed E-state index contributed by atoms with van der Waals surface area (Å²) in [6.07, 6.45) is 6.33. The molecule has 136 valence electrons. The molecule has 0 spiro atoms. The lowest BCUT2D eigenvalue weighted by Crippen LogP contribution is -2.08. The molecular weight excluding hydrogens is 330 g/mol. The molecule has 1 aromatic carbocycles. The monoisotopic (exact) mass is 353 g/mol. The van der Waals surface area contributed by atoms with Crippen molar-refractivity contribution in [1.82, 2.24) is 15.5 Å². The van der Waals surface area contributed by atoms with E-state index in [9.17, 15) is 0 Å². The topological polar surface area (TPSA) is 69.4 Å². The van der Waals surface area contributed by atoms with Gasteiger partial charge in [-0.15, -0.1) is 0 Å². The van der Waals surface area contributed by atoms with Crippen LogP contribution in [0, 0.1) is 0 Å². The van der Waals surface area contributed by atoms with Crippen molar-refractivity contribution in [1.29, 1.82) is 0 Å². The highest BCUT2D eigenvalue weighted by Crippen LogP contribution is 2.35. The Morgan fingerprint density at radius 3 is 2.88 bits per heavy atom. The molecule has 0 radical (unpaired) electrons. The minimum absolute atomic E-state index is 0.167. The molecule has 1 aliphatic carbocycles. The number of aromatic nitrogens is 2. The van der Waals surface area contributed by atoms with Gasteiger partial charge in [0.2, 0.25) is 0 Å². The van der Waals surface area contributed by atoms with Gasteiger partial charge in [0.25, 0.3) is 5.89 Å². The van der Waals surface area contributed by atoms with Crippen molar-refractivity contribution in [3.8, 4) is 23.0 Å². The molecule has 0 bridgehead atoms. The molecule has 26 heavy (non-hydrogen) atoms. The first kappa shape index (κ1) is 16.7. The Morgan fingerprint density at radius 1 is 1.19 bits per heavy atom. The number of nitrogens with zero attached hydrogens (tertiary/aromatic N) is 2. The molecule has 1 aliphatic heterocycles. The Labute approximate surface area is 152 Å². The van der Waals surface area contributed by atoms with Crippen LogP contribution in [0.25, 0.3) is 11.5 Å². The number of ether oxygens (including phenoxy) is 2. The second-order valence-electron chi connectivity index (χ2n) is 6.35. The number of hydrogen-bond donors (Lipinski definition) is 1. The maximum atomic E-state index is 5.68. The maximum Gasteiger partial charge on any atom is 0.258 e. The highest BCUT2D eigenvalue weighted by atomic mass is 16.5. The smallest absolute Gasteiger partial charge is 0.258 e. The number of benzene rings is 1. The largest absolute Gasteiger partial charge is 0.490 e. The van der Waals surface area contributed by atoms with E-state index in [1.165, 1.54) is 11.3 Å². The van der Waals surface area contributed by atoms with Crippen LogP contribution in [0.15, 0.2) is 46.1 Å². The zero-order valence-electron chi connectivity index (χ0n) is 15.1. The van der Waals surface area contributed by atoms with Crippen LogP contribution in [0.3, 0.4) is 0 Å². The molecule has 1 atom stereocenters. The zero-order valence-corrected chi connectivity index (χ0v) is 15.1. The van der Waals surface area contributed by atoms with Gasteiger partial charge in [0, 0.05) is 23.7 Å². The van der Waals surface area contributed by atoms with Crippen molar-refractivity contribution >= 4 is 0 Å². The first-order chi connectivity index (χ1) is 12.8. The van der Waals surface area contributed by atoms with E-state index >= 15 is 0 Å². The Kier molecular flexibility index (Phi) is 4.65. The third kappa shape index (κ3) is 3.19. The van der Waals surface area contributed by atoms with Gasteiger partial charge in [-0.05, 0) is 56.5 Å². The van der Waals surface area contributed by atoms with Gasteiger partial charge in [0.15, 0.2) is 17.3 Å². The molecular formula is C20H23N3O3. The molecule has 4 rings (SSSR count). The standard InChI is InChI=1S/C20H23N3O3/c1-3-24-17-8-6-15(12-18(17)25-4-2)20-22-19(23-26-20)14-5-7-16-13(11-14)9-10-21-16/h5-8,12,14,21H,3-4,9-11H2,1-2H3. The number of nitrogens with one attached hydrogen (secondary N) is 1. The van der Waals surface area contributed by atoms with E-state index in [4.69, 9.17) is 14.0 Å². The molecule has 1 N–H and O–H groups in total. The van der Waals surface area contributed by atoms with Gasteiger partial charge >= 0.3 is 0 Å². The van der Waals surface area contributed by atoms with Crippen LogP contribution < -0.4 is 14.8 Å². The summed E-state index contributed by atoms with van der Waals surface area (Å²) in [6.45, 7) is 6.07. The molecule has 0 amide bonds. The Morgan fingerprint density at radius 2 is 2.04 bits per heavy atom. The van der Waals surface area contributed by atoms with E-state index in [0.29, 0.717) is 24.9 Å². The second kappa shape index (κ2) is 7.23. The van der Waals surface area contributed by atoms with Crippen molar-refractivity contribution in [2.24, 2.45) is 0 Å². The van der Waals surface area contributed by atoms with Gasteiger partial charge in [0.05, 0.1) is 13.2 Å². The van der Waals surface area contributed by atoms with E-state index in [1.807, 2.05) is 32.0 Å². The predicted octanol–water partition coefficient (Wildman–Crippen LogP) is 3.82. The Bertz CT molecular complexity index is 854. The lowest BCUT2D eigenvalue weighted by atomic mass is 9.92. The predicted molar refractivity (Wildman–Crippen MR) is 98.2 cm³/mol. The fourth-order valence-corrected chi connectivity index (χ4v) is 3.41. The van der Waals surface area contributed by atoms with Gasteiger partial charge in [-0.25, -0.2) is 0 Å². The molecule has 2 aromatic rings. The highest BCUT2D eigenvalue weighted by molar-refractivity contribution is 5.60. The SMILES string of the molecule is CCOc1ccc(-c2nc(C3C=CC4=C(CCN4)C3)no2)cc1OCC. The first-order valence-electron chi connectivity index (χ1n) is 9.16. The van der Waals surface area contributed by atoms with E-state index in [1.54, 1.807) is 0 Å². The molecule has 2 aliphatic rings. The Balaban J connectivity index is 1.56. The van der Waals surface area contributed by atoms with Crippen molar-refractivity contribution in [3.05, 3.63) is 47.4 Å². The molecule has 6 nitrogen and oxygen atoms in total. The van der Waals surface area contributed by atoms with Crippen molar-refractivity contribution in [2.45, 2.75) is 32.6 Å². The quantitative estimate of drug-likeness (QED) is 0.851. The summed E-state index contributed by atoms with van der Waals surface area (Å²) in [4.78, 5) is 4.63. The van der Waals surface area contributed by atoms with Crippen LogP contribution >= 0.6 is 0 Å². The molecule has 1 aromatic heterocycles. The number of allylic oxidation sites excluding steroid dienone is 2. The van der Waals surface area contributed by atoms with Crippen LogP contribution in [0.4, 0.5) is 0 Å². The third-order valence-electron chi connectivity index (χ3n) is 4.65. The number of hydrogen-bond acceptors (Lipinski definition) is 6. The maximum absolute atomic E-state index is 5.68. The van der Waals surface area contributed by atoms with Crippen LogP contribution in [-0.4, -0.2) is 29.9 Å². The fourth-order valence-electron chi connectivity index (χ4n) is 3.41. The van der Waals surface area contributed by atoms with Gasteiger partial charge < -0.3 is 19.3 Å². The summed E-state index contributed by atoms with van der Waals surface area (Å²) < 4.78 is 16.8. The molecule has 0 saturated carbocycles. The van der Waals surface area contributed by atoms with Gasteiger partial charge in [-0.1, -0.05) is 11.2 Å². The lowest BCUT2D eigenvalue weighted by molar-refractivity contribution is 0.288. The molecule has 6 heteroatoms. The highest BCUT2D eigenvalue weighted by Gasteiger charge is 2.25. The summed E-state index contributed by atoms with van der Waals surface area (Å²) in [5, 5.41) is 7.61.